The summed E-state index contributed by atoms with van der Waals surface area (Å²) in [6, 6.07) is 0. The Labute approximate surface area is 79.5 Å². The number of nitrogen functional groups attached to an aromatic ring is 1. The zero-order valence-corrected chi connectivity index (χ0v) is 7.88. The van der Waals surface area contributed by atoms with Crippen LogP contribution in [0.1, 0.15) is 5.56 Å². The molecule has 5 heteroatoms. The van der Waals surface area contributed by atoms with Gasteiger partial charge in [0, 0.05) is 17.8 Å². The number of nitrogens with zero attached hydrogens (tertiary/aromatic N) is 3. The van der Waals surface area contributed by atoms with Gasteiger partial charge >= 0.3 is 0 Å². The monoisotopic (exact) mass is 192 g/mol. The molecule has 0 spiro atoms. The Bertz CT molecular complexity index is 406. The van der Waals surface area contributed by atoms with E-state index in [-0.39, 0.29) is 0 Å². The summed E-state index contributed by atoms with van der Waals surface area (Å²) in [5, 5.41) is 2.54. The lowest BCUT2D eigenvalue weighted by Gasteiger charge is -1.93. The molecule has 0 aliphatic heterocycles. The summed E-state index contributed by atoms with van der Waals surface area (Å²) >= 11 is 1.45. The molecule has 0 aliphatic carbocycles. The fourth-order valence-electron chi connectivity index (χ4n) is 0.892. The molecule has 2 rings (SSSR count). The van der Waals surface area contributed by atoms with Crippen LogP contribution in [-0.4, -0.2) is 15.0 Å². The number of aryl methyl sites for hydroxylation is 1. The van der Waals surface area contributed by atoms with Gasteiger partial charge in [-0.2, -0.15) is 0 Å². The SMILES string of the molecule is Cc1cnc(-c2nc(N)cs2)nc1. The lowest BCUT2D eigenvalue weighted by molar-refractivity contribution is 1.13. The van der Waals surface area contributed by atoms with Gasteiger partial charge in [-0.3, -0.25) is 0 Å². The highest BCUT2D eigenvalue weighted by atomic mass is 32.1. The number of rotatable bonds is 1. The first kappa shape index (κ1) is 8.12. The Balaban J connectivity index is 2.41. The fourth-order valence-corrected chi connectivity index (χ4v) is 1.55. The number of aromatic nitrogens is 3. The normalized spacial score (nSPS) is 10.2. The van der Waals surface area contributed by atoms with E-state index in [0.29, 0.717) is 11.6 Å². The molecule has 2 N–H and O–H groups in total. The third-order valence-electron chi connectivity index (χ3n) is 1.49. The van der Waals surface area contributed by atoms with Crippen molar-refractivity contribution in [3.05, 3.63) is 23.3 Å². The van der Waals surface area contributed by atoms with Gasteiger partial charge in [0.1, 0.15) is 5.82 Å². The van der Waals surface area contributed by atoms with E-state index >= 15 is 0 Å². The van der Waals surface area contributed by atoms with E-state index in [9.17, 15) is 0 Å². The first-order valence-corrected chi connectivity index (χ1v) is 4.64. The average Bonchev–Trinajstić information content (AvgIpc) is 2.53. The minimum absolute atomic E-state index is 0.518. The summed E-state index contributed by atoms with van der Waals surface area (Å²) in [5.41, 5.74) is 6.53. The van der Waals surface area contributed by atoms with Crippen LogP contribution in [-0.2, 0) is 0 Å². The quantitative estimate of drug-likeness (QED) is 0.743. The largest absolute Gasteiger partial charge is 0.383 e. The maximum atomic E-state index is 5.49. The van der Waals surface area contributed by atoms with Crippen molar-refractivity contribution in [2.45, 2.75) is 6.92 Å². The number of nitrogens with two attached hydrogens (primary N) is 1. The van der Waals surface area contributed by atoms with Crippen LogP contribution in [0.4, 0.5) is 5.82 Å². The van der Waals surface area contributed by atoms with Crippen LogP contribution in [0.25, 0.3) is 10.8 Å². The van der Waals surface area contributed by atoms with Gasteiger partial charge < -0.3 is 5.73 Å². The van der Waals surface area contributed by atoms with Crippen molar-refractivity contribution < 1.29 is 0 Å². The highest BCUT2D eigenvalue weighted by Crippen LogP contribution is 2.20. The van der Waals surface area contributed by atoms with Gasteiger partial charge in [-0.25, -0.2) is 15.0 Å². The second-order valence-electron chi connectivity index (χ2n) is 2.66. The van der Waals surface area contributed by atoms with Crippen molar-refractivity contribution >= 4 is 17.2 Å². The summed E-state index contributed by atoms with van der Waals surface area (Å²) in [5.74, 6) is 1.15. The molecule has 0 radical (unpaired) electrons. The van der Waals surface area contributed by atoms with E-state index < -0.39 is 0 Å². The number of hydrogen-bond donors (Lipinski definition) is 1. The summed E-state index contributed by atoms with van der Waals surface area (Å²) < 4.78 is 0. The van der Waals surface area contributed by atoms with Crippen LogP contribution in [0, 0.1) is 6.92 Å². The molecular formula is C8H8N4S. The average molecular weight is 192 g/mol. The summed E-state index contributed by atoms with van der Waals surface area (Å²) in [4.78, 5) is 12.4. The maximum Gasteiger partial charge on any atom is 0.188 e. The van der Waals surface area contributed by atoms with Crippen LogP contribution in [0.3, 0.4) is 0 Å². The molecular weight excluding hydrogens is 184 g/mol. The van der Waals surface area contributed by atoms with E-state index in [1.807, 2.05) is 6.92 Å². The summed E-state index contributed by atoms with van der Waals surface area (Å²) in [6.07, 6.45) is 3.53. The fraction of sp³-hybridized carbons (Fsp3) is 0.125. The topological polar surface area (TPSA) is 64.7 Å². The van der Waals surface area contributed by atoms with Gasteiger partial charge in [0.25, 0.3) is 0 Å². The Hall–Kier alpha value is -1.49. The van der Waals surface area contributed by atoms with Gasteiger partial charge in [-0.05, 0) is 12.5 Å². The van der Waals surface area contributed by atoms with E-state index in [2.05, 4.69) is 15.0 Å². The zero-order chi connectivity index (χ0) is 9.26. The number of hydrogen-bond acceptors (Lipinski definition) is 5. The predicted octanol–water partition coefficient (Wildman–Crippen LogP) is 1.49. The molecule has 0 bridgehead atoms. The Kier molecular flexibility index (Phi) is 1.94. The van der Waals surface area contributed by atoms with Crippen molar-refractivity contribution in [3.8, 4) is 10.8 Å². The molecule has 2 heterocycles. The van der Waals surface area contributed by atoms with Crippen molar-refractivity contribution in [2.24, 2.45) is 0 Å². The van der Waals surface area contributed by atoms with Gasteiger partial charge in [0.05, 0.1) is 0 Å². The Morgan fingerprint density at radius 2 is 2.00 bits per heavy atom. The molecule has 0 amide bonds. The van der Waals surface area contributed by atoms with Crippen LogP contribution in [0.2, 0.25) is 0 Å². The Morgan fingerprint density at radius 1 is 1.31 bits per heavy atom. The van der Waals surface area contributed by atoms with E-state index in [4.69, 9.17) is 5.73 Å². The molecule has 0 unspecified atom stereocenters. The molecule has 0 atom stereocenters. The molecule has 66 valence electrons. The number of anilines is 1. The van der Waals surface area contributed by atoms with Crippen LogP contribution >= 0.6 is 11.3 Å². The van der Waals surface area contributed by atoms with E-state index in [1.165, 1.54) is 11.3 Å². The highest BCUT2D eigenvalue weighted by Gasteiger charge is 2.04. The van der Waals surface area contributed by atoms with Crippen LogP contribution < -0.4 is 5.73 Å². The maximum absolute atomic E-state index is 5.49. The van der Waals surface area contributed by atoms with E-state index in [0.717, 1.165) is 10.6 Å². The van der Waals surface area contributed by atoms with Gasteiger partial charge in [-0.1, -0.05) is 0 Å². The Morgan fingerprint density at radius 3 is 2.54 bits per heavy atom. The van der Waals surface area contributed by atoms with Gasteiger partial charge in [-0.15, -0.1) is 11.3 Å². The van der Waals surface area contributed by atoms with Crippen molar-refractivity contribution in [3.63, 3.8) is 0 Å². The molecule has 0 aromatic carbocycles. The first-order chi connectivity index (χ1) is 6.25. The highest BCUT2D eigenvalue weighted by molar-refractivity contribution is 7.13. The minimum atomic E-state index is 0.518. The lowest BCUT2D eigenvalue weighted by Crippen LogP contribution is -1.89. The van der Waals surface area contributed by atoms with Crippen LogP contribution in [0.15, 0.2) is 17.8 Å². The summed E-state index contributed by atoms with van der Waals surface area (Å²) in [6.45, 7) is 1.94. The molecule has 0 fully saturated rings. The third kappa shape index (κ3) is 1.65. The van der Waals surface area contributed by atoms with E-state index in [1.54, 1.807) is 17.8 Å². The molecule has 13 heavy (non-hydrogen) atoms. The van der Waals surface area contributed by atoms with Gasteiger partial charge in [0.2, 0.25) is 0 Å². The first-order valence-electron chi connectivity index (χ1n) is 3.76. The van der Waals surface area contributed by atoms with Crippen molar-refractivity contribution in [1.82, 2.24) is 15.0 Å². The van der Waals surface area contributed by atoms with Crippen molar-refractivity contribution in [1.29, 1.82) is 0 Å². The zero-order valence-electron chi connectivity index (χ0n) is 7.06. The lowest BCUT2D eigenvalue weighted by atomic mass is 10.4. The molecule has 4 nitrogen and oxygen atoms in total. The molecule has 0 aliphatic rings. The molecule has 2 aromatic rings. The van der Waals surface area contributed by atoms with Gasteiger partial charge in [0.15, 0.2) is 10.8 Å². The minimum Gasteiger partial charge on any atom is -0.383 e. The second-order valence-corrected chi connectivity index (χ2v) is 3.52. The summed E-state index contributed by atoms with van der Waals surface area (Å²) in [7, 11) is 0. The molecule has 0 saturated carbocycles. The van der Waals surface area contributed by atoms with Crippen LogP contribution in [0.5, 0.6) is 0 Å². The third-order valence-corrected chi connectivity index (χ3v) is 2.35. The smallest absolute Gasteiger partial charge is 0.188 e. The molecule has 2 aromatic heterocycles. The van der Waals surface area contributed by atoms with Crippen molar-refractivity contribution in [2.75, 3.05) is 5.73 Å². The number of thiazole rings is 1. The molecule has 0 saturated heterocycles. The standard InChI is InChI=1S/C8H8N4S/c1-5-2-10-7(11-3-5)8-12-6(9)4-13-8/h2-4H,9H2,1H3. The predicted molar refractivity (Wildman–Crippen MR) is 52.3 cm³/mol. The second kappa shape index (κ2) is 3.10.